The second-order valence-corrected chi connectivity index (χ2v) is 7.18. The fourth-order valence-corrected chi connectivity index (χ4v) is 3.02. The number of hydrogen-bond acceptors (Lipinski definition) is 2. The van der Waals surface area contributed by atoms with E-state index in [1.807, 2.05) is 44.2 Å². The van der Waals surface area contributed by atoms with Crippen LogP contribution in [0.15, 0.2) is 48.5 Å². The number of carbonyl (C=O) groups excluding carboxylic acids is 2. The van der Waals surface area contributed by atoms with Crippen LogP contribution in [0.1, 0.15) is 36.8 Å². The number of amides is 2. The molecule has 0 aliphatic carbocycles. The van der Waals surface area contributed by atoms with Gasteiger partial charge in [0, 0.05) is 29.8 Å². The SMILES string of the molecule is CC(=O)Nc1c(C(=O)NCC(C)(C)c2cccc(F)c2)[nH]c2ccccc12. The van der Waals surface area contributed by atoms with Crippen LogP contribution in [-0.4, -0.2) is 23.3 Å². The van der Waals surface area contributed by atoms with E-state index in [4.69, 9.17) is 0 Å². The van der Waals surface area contributed by atoms with E-state index in [1.54, 1.807) is 6.07 Å². The van der Waals surface area contributed by atoms with Gasteiger partial charge in [-0.1, -0.05) is 44.2 Å². The minimum absolute atomic E-state index is 0.256. The third-order valence-corrected chi connectivity index (χ3v) is 4.53. The van der Waals surface area contributed by atoms with Crippen LogP contribution in [0, 0.1) is 5.82 Å². The van der Waals surface area contributed by atoms with Crippen LogP contribution in [0.5, 0.6) is 0 Å². The number of carbonyl (C=O) groups is 2. The summed E-state index contributed by atoms with van der Waals surface area (Å²) in [6.07, 6.45) is 0. The number of aromatic nitrogens is 1. The molecule has 3 aromatic rings. The second kappa shape index (κ2) is 7.23. The summed E-state index contributed by atoms with van der Waals surface area (Å²) in [4.78, 5) is 27.4. The maximum Gasteiger partial charge on any atom is 0.269 e. The molecular weight excluding hydrogens is 345 g/mol. The molecule has 0 radical (unpaired) electrons. The van der Waals surface area contributed by atoms with Crippen molar-refractivity contribution in [2.24, 2.45) is 0 Å². The summed E-state index contributed by atoms with van der Waals surface area (Å²) in [7, 11) is 0. The van der Waals surface area contributed by atoms with E-state index in [0.717, 1.165) is 16.5 Å². The Kier molecular flexibility index (Phi) is 4.99. The average Bonchev–Trinajstić information content (AvgIpc) is 2.98. The molecular formula is C21H22FN3O2. The first kappa shape index (κ1) is 18.6. The predicted octanol–water partition coefficient (Wildman–Crippen LogP) is 3.97. The summed E-state index contributed by atoms with van der Waals surface area (Å²) in [5.74, 6) is -0.899. The number of rotatable bonds is 5. The van der Waals surface area contributed by atoms with Crippen molar-refractivity contribution < 1.29 is 14.0 Å². The van der Waals surface area contributed by atoms with Gasteiger partial charge in [0.25, 0.3) is 5.91 Å². The molecule has 0 spiro atoms. The molecule has 3 rings (SSSR count). The first-order valence-electron chi connectivity index (χ1n) is 8.70. The van der Waals surface area contributed by atoms with Crippen molar-refractivity contribution in [1.82, 2.24) is 10.3 Å². The van der Waals surface area contributed by atoms with E-state index in [9.17, 15) is 14.0 Å². The summed E-state index contributed by atoms with van der Waals surface area (Å²) >= 11 is 0. The Balaban J connectivity index is 1.85. The zero-order valence-electron chi connectivity index (χ0n) is 15.5. The fourth-order valence-electron chi connectivity index (χ4n) is 3.02. The number of anilines is 1. The van der Waals surface area contributed by atoms with Crippen molar-refractivity contribution in [2.45, 2.75) is 26.2 Å². The summed E-state index contributed by atoms with van der Waals surface area (Å²) in [5, 5.41) is 6.39. The maximum absolute atomic E-state index is 13.5. The lowest BCUT2D eigenvalue weighted by Gasteiger charge is -2.25. The van der Waals surface area contributed by atoms with Crippen LogP contribution >= 0.6 is 0 Å². The number of aromatic amines is 1. The van der Waals surface area contributed by atoms with Gasteiger partial charge in [-0.25, -0.2) is 4.39 Å². The van der Waals surface area contributed by atoms with Crippen molar-refractivity contribution in [3.8, 4) is 0 Å². The number of halogens is 1. The number of hydrogen-bond donors (Lipinski definition) is 3. The third-order valence-electron chi connectivity index (χ3n) is 4.53. The highest BCUT2D eigenvalue weighted by atomic mass is 19.1. The van der Waals surface area contributed by atoms with Crippen molar-refractivity contribution in [2.75, 3.05) is 11.9 Å². The van der Waals surface area contributed by atoms with Gasteiger partial charge in [-0.15, -0.1) is 0 Å². The van der Waals surface area contributed by atoms with Gasteiger partial charge in [0.05, 0.1) is 5.69 Å². The average molecular weight is 367 g/mol. The van der Waals surface area contributed by atoms with Crippen LogP contribution in [0.2, 0.25) is 0 Å². The molecule has 2 aromatic carbocycles. The van der Waals surface area contributed by atoms with Crippen molar-refractivity contribution in [1.29, 1.82) is 0 Å². The van der Waals surface area contributed by atoms with Crippen molar-refractivity contribution >= 4 is 28.4 Å². The molecule has 1 heterocycles. The lowest BCUT2D eigenvalue weighted by Crippen LogP contribution is -2.37. The van der Waals surface area contributed by atoms with E-state index >= 15 is 0 Å². The molecule has 0 atom stereocenters. The van der Waals surface area contributed by atoms with Gasteiger partial charge in [-0.2, -0.15) is 0 Å². The van der Waals surface area contributed by atoms with Gasteiger partial charge in [0.15, 0.2) is 0 Å². The molecule has 5 nitrogen and oxygen atoms in total. The zero-order valence-corrected chi connectivity index (χ0v) is 15.5. The van der Waals surface area contributed by atoms with E-state index < -0.39 is 5.41 Å². The van der Waals surface area contributed by atoms with Gasteiger partial charge in [-0.3, -0.25) is 9.59 Å². The Morgan fingerprint density at radius 3 is 2.56 bits per heavy atom. The molecule has 0 aliphatic rings. The van der Waals surface area contributed by atoms with Crippen LogP contribution in [0.4, 0.5) is 10.1 Å². The molecule has 0 fully saturated rings. The Morgan fingerprint density at radius 2 is 1.85 bits per heavy atom. The van der Waals surface area contributed by atoms with E-state index in [2.05, 4.69) is 15.6 Å². The highest BCUT2D eigenvalue weighted by Crippen LogP contribution is 2.28. The molecule has 140 valence electrons. The van der Waals surface area contributed by atoms with Crippen LogP contribution in [0.3, 0.4) is 0 Å². The smallest absolute Gasteiger partial charge is 0.269 e. The van der Waals surface area contributed by atoms with Crippen molar-refractivity contribution in [3.63, 3.8) is 0 Å². The van der Waals surface area contributed by atoms with Gasteiger partial charge >= 0.3 is 0 Å². The molecule has 27 heavy (non-hydrogen) atoms. The molecule has 2 amide bonds. The lowest BCUT2D eigenvalue weighted by atomic mass is 9.84. The minimum atomic E-state index is -0.460. The molecule has 1 aromatic heterocycles. The summed E-state index contributed by atoms with van der Waals surface area (Å²) in [6, 6.07) is 13.7. The number of fused-ring (bicyclic) bond motifs is 1. The van der Waals surface area contributed by atoms with E-state index in [1.165, 1.54) is 19.1 Å². The summed E-state index contributed by atoms with van der Waals surface area (Å²) < 4.78 is 13.5. The topological polar surface area (TPSA) is 74.0 Å². The Bertz CT molecular complexity index is 1010. The maximum atomic E-state index is 13.5. The Hall–Kier alpha value is -3.15. The van der Waals surface area contributed by atoms with Crippen LogP contribution in [0.25, 0.3) is 10.9 Å². The molecule has 0 aliphatic heterocycles. The van der Waals surface area contributed by atoms with Crippen LogP contribution < -0.4 is 10.6 Å². The number of para-hydroxylation sites is 1. The van der Waals surface area contributed by atoms with Crippen LogP contribution in [-0.2, 0) is 10.2 Å². The van der Waals surface area contributed by atoms with Gasteiger partial charge < -0.3 is 15.6 Å². The molecule has 6 heteroatoms. The van der Waals surface area contributed by atoms with Crippen molar-refractivity contribution in [3.05, 3.63) is 65.6 Å². The number of H-pyrrole nitrogens is 1. The normalized spacial score (nSPS) is 11.4. The van der Waals surface area contributed by atoms with Gasteiger partial charge in [0.1, 0.15) is 11.5 Å². The fraction of sp³-hybridized carbons (Fsp3) is 0.238. The third kappa shape index (κ3) is 4.00. The molecule has 0 saturated carbocycles. The highest BCUT2D eigenvalue weighted by Gasteiger charge is 2.24. The largest absolute Gasteiger partial charge is 0.350 e. The van der Waals surface area contributed by atoms with E-state index in [0.29, 0.717) is 17.9 Å². The second-order valence-electron chi connectivity index (χ2n) is 7.18. The quantitative estimate of drug-likeness (QED) is 0.638. The summed E-state index contributed by atoms with van der Waals surface area (Å²) in [6.45, 7) is 5.57. The minimum Gasteiger partial charge on any atom is -0.350 e. The van der Waals surface area contributed by atoms with Gasteiger partial charge in [-0.05, 0) is 23.8 Å². The zero-order chi connectivity index (χ0) is 19.6. The Morgan fingerprint density at radius 1 is 1.11 bits per heavy atom. The predicted molar refractivity (Wildman–Crippen MR) is 104 cm³/mol. The monoisotopic (exact) mass is 367 g/mol. The van der Waals surface area contributed by atoms with Gasteiger partial charge in [0.2, 0.25) is 5.91 Å². The summed E-state index contributed by atoms with van der Waals surface area (Å²) in [5.41, 5.74) is 1.84. The molecule has 3 N–H and O–H groups in total. The molecule has 0 saturated heterocycles. The van der Waals surface area contributed by atoms with E-state index in [-0.39, 0.29) is 17.6 Å². The highest BCUT2D eigenvalue weighted by molar-refractivity contribution is 6.12. The number of nitrogens with one attached hydrogen (secondary N) is 3. The standard InChI is InChI=1S/C21H22FN3O2/c1-13(26)24-18-16-9-4-5-10-17(16)25-19(18)20(27)23-12-21(2,3)14-7-6-8-15(22)11-14/h4-11,25H,12H2,1-3H3,(H,23,27)(H,24,26). The number of benzene rings is 2. The Labute approximate surface area is 157 Å². The lowest BCUT2D eigenvalue weighted by molar-refractivity contribution is -0.114. The first-order chi connectivity index (χ1) is 12.8. The molecule has 0 unspecified atom stereocenters. The first-order valence-corrected chi connectivity index (χ1v) is 8.70. The molecule has 0 bridgehead atoms.